The van der Waals surface area contributed by atoms with Crippen molar-refractivity contribution in [2.75, 3.05) is 28.3 Å². The number of allylic oxidation sites excluding steroid dienone is 1. The first-order chi connectivity index (χ1) is 16.5. The molecule has 0 bridgehead atoms. The summed E-state index contributed by atoms with van der Waals surface area (Å²) in [5, 5.41) is 3.07. The van der Waals surface area contributed by atoms with E-state index in [0.717, 1.165) is 39.7 Å². The Hall–Kier alpha value is -3.99. The topological polar surface area (TPSA) is 46.1 Å². The van der Waals surface area contributed by atoms with Gasteiger partial charge in [-0.1, -0.05) is 61.2 Å². The van der Waals surface area contributed by atoms with Gasteiger partial charge in [-0.3, -0.25) is 4.99 Å². The highest BCUT2D eigenvalue weighted by atomic mass is 16.5. The van der Waals surface area contributed by atoms with Crippen LogP contribution in [0.1, 0.15) is 23.6 Å². The molecule has 1 N–H and O–H groups in total. The summed E-state index contributed by atoms with van der Waals surface area (Å²) < 4.78 is 10.9. The van der Waals surface area contributed by atoms with Crippen LogP contribution in [0.4, 0.5) is 0 Å². The number of hydrogen-bond donors (Lipinski definition) is 1. The molecule has 176 valence electrons. The third kappa shape index (κ3) is 4.69. The van der Waals surface area contributed by atoms with Gasteiger partial charge in [0.1, 0.15) is 22.9 Å². The highest BCUT2D eigenvalue weighted by Gasteiger charge is 2.44. The monoisotopic (exact) mass is 455 g/mol. The first-order valence-electron chi connectivity index (χ1n) is 11.1. The van der Waals surface area contributed by atoms with E-state index >= 15 is 0 Å². The van der Waals surface area contributed by atoms with Gasteiger partial charge in [0.2, 0.25) is 0 Å². The summed E-state index contributed by atoms with van der Waals surface area (Å²) in [7, 11) is 7.02. The van der Waals surface area contributed by atoms with Crippen LogP contribution >= 0.6 is 0 Å². The molecule has 0 fully saturated rings. The molecule has 0 radical (unpaired) electrons. The second-order valence-corrected chi connectivity index (χ2v) is 7.75. The molecule has 5 nitrogen and oxygen atoms in total. The summed E-state index contributed by atoms with van der Waals surface area (Å²) in [5.41, 5.74) is 3.19. The summed E-state index contributed by atoms with van der Waals surface area (Å²) in [6.07, 6.45) is 3.83. The Morgan fingerprint density at radius 3 is 1.74 bits per heavy atom. The fraction of sp³-hybridized carbons (Fsp3) is 0.207. The van der Waals surface area contributed by atoms with Gasteiger partial charge in [-0.2, -0.15) is 0 Å². The molecule has 0 atom stereocenters. The van der Waals surface area contributed by atoms with E-state index in [-0.39, 0.29) is 0 Å². The molecule has 0 aliphatic heterocycles. The minimum atomic E-state index is -0.765. The largest absolute Gasteiger partial charge is 0.497 e. The lowest BCUT2D eigenvalue weighted by Gasteiger charge is -2.47. The van der Waals surface area contributed by atoms with Crippen molar-refractivity contribution in [1.82, 2.24) is 10.2 Å². The molecule has 0 spiro atoms. The zero-order chi connectivity index (χ0) is 24.6. The third-order valence-corrected chi connectivity index (χ3v) is 5.92. The van der Waals surface area contributed by atoms with E-state index in [1.165, 1.54) is 0 Å². The zero-order valence-corrected chi connectivity index (χ0v) is 20.6. The van der Waals surface area contributed by atoms with Gasteiger partial charge in [0.15, 0.2) is 0 Å². The SMILES string of the molecule is C=C(/C=C\NC)N(C(C)=NC)C(c1ccccc1)(c1ccc(OC)cc1)c1ccc(OC)cc1. The molecular weight excluding hydrogens is 422 g/mol. The fourth-order valence-electron chi connectivity index (χ4n) is 4.25. The molecular formula is C29H33N3O2. The minimum Gasteiger partial charge on any atom is -0.497 e. The van der Waals surface area contributed by atoms with Crippen LogP contribution in [0.15, 0.2) is 108 Å². The van der Waals surface area contributed by atoms with Crippen LogP contribution in [-0.2, 0) is 5.54 Å². The molecule has 0 heterocycles. The summed E-state index contributed by atoms with van der Waals surface area (Å²) >= 11 is 0. The molecule has 3 rings (SSSR count). The van der Waals surface area contributed by atoms with Crippen LogP contribution < -0.4 is 14.8 Å². The van der Waals surface area contributed by atoms with Crippen molar-refractivity contribution in [3.63, 3.8) is 0 Å². The van der Waals surface area contributed by atoms with Gasteiger partial charge < -0.3 is 19.7 Å². The third-order valence-electron chi connectivity index (χ3n) is 5.92. The van der Waals surface area contributed by atoms with Crippen LogP contribution in [0.5, 0.6) is 11.5 Å². The standard InChI is InChI=1S/C29H33N3O2/c1-22(20-21-30-3)32(23(2)31-4)29(24-10-8-7-9-11-24,25-12-16-27(33-5)17-13-25)26-14-18-28(34-6)19-15-26/h7-21,30H,1H2,2-6H3/b21-20-,31-23?. The lowest BCUT2D eigenvalue weighted by Crippen LogP contribution is -2.49. The zero-order valence-electron chi connectivity index (χ0n) is 20.6. The predicted molar refractivity (Wildman–Crippen MR) is 141 cm³/mol. The van der Waals surface area contributed by atoms with E-state index in [4.69, 9.17) is 9.47 Å². The Labute approximate surface area is 203 Å². The summed E-state index contributed by atoms with van der Waals surface area (Å²) in [4.78, 5) is 6.79. The summed E-state index contributed by atoms with van der Waals surface area (Å²) in [6.45, 7) is 6.44. The van der Waals surface area contributed by atoms with E-state index in [2.05, 4.69) is 70.3 Å². The van der Waals surface area contributed by atoms with E-state index in [1.807, 2.05) is 56.6 Å². The van der Waals surface area contributed by atoms with E-state index in [0.29, 0.717) is 0 Å². The van der Waals surface area contributed by atoms with Gasteiger partial charge in [-0.15, -0.1) is 0 Å². The molecule has 34 heavy (non-hydrogen) atoms. The maximum atomic E-state index is 5.46. The Kier molecular flexibility index (Phi) is 8.14. The quantitative estimate of drug-likeness (QED) is 0.198. The maximum Gasteiger partial charge on any atom is 0.122 e. The van der Waals surface area contributed by atoms with E-state index in [1.54, 1.807) is 21.3 Å². The number of nitrogens with one attached hydrogen (secondary N) is 1. The molecule has 0 aliphatic rings. The Morgan fingerprint density at radius 2 is 1.32 bits per heavy atom. The molecule has 3 aromatic carbocycles. The first kappa shape index (κ1) is 24.6. The minimum absolute atomic E-state index is 0.765. The Morgan fingerprint density at radius 1 is 0.853 bits per heavy atom. The van der Waals surface area contributed by atoms with Gasteiger partial charge in [-0.25, -0.2) is 0 Å². The van der Waals surface area contributed by atoms with Crippen molar-refractivity contribution in [1.29, 1.82) is 0 Å². The van der Waals surface area contributed by atoms with Crippen molar-refractivity contribution in [3.05, 3.63) is 120 Å². The van der Waals surface area contributed by atoms with Crippen LogP contribution in [0, 0.1) is 0 Å². The van der Waals surface area contributed by atoms with Gasteiger partial charge in [-0.05, 0) is 60.2 Å². The first-order valence-corrected chi connectivity index (χ1v) is 11.1. The van der Waals surface area contributed by atoms with E-state index in [9.17, 15) is 0 Å². The average Bonchev–Trinajstić information content (AvgIpc) is 2.90. The van der Waals surface area contributed by atoms with Crippen LogP contribution in [0.2, 0.25) is 0 Å². The van der Waals surface area contributed by atoms with Gasteiger partial charge >= 0.3 is 0 Å². The highest BCUT2D eigenvalue weighted by molar-refractivity contribution is 5.84. The number of aliphatic imine (C=N–C) groups is 1. The molecule has 0 unspecified atom stereocenters. The molecule has 5 heteroatoms. The number of methoxy groups -OCH3 is 2. The van der Waals surface area contributed by atoms with Crippen molar-refractivity contribution in [2.24, 2.45) is 4.99 Å². The van der Waals surface area contributed by atoms with Gasteiger partial charge in [0, 0.05) is 19.8 Å². The predicted octanol–water partition coefficient (Wildman–Crippen LogP) is 5.59. The lowest BCUT2D eigenvalue weighted by molar-refractivity contribution is 0.330. The second kappa shape index (κ2) is 11.2. The molecule has 0 saturated carbocycles. The van der Waals surface area contributed by atoms with Crippen molar-refractivity contribution in [2.45, 2.75) is 12.5 Å². The Bertz CT molecular complexity index is 1090. The number of benzene rings is 3. The lowest BCUT2D eigenvalue weighted by atomic mass is 9.75. The second-order valence-electron chi connectivity index (χ2n) is 7.75. The molecule has 0 aliphatic carbocycles. The number of rotatable bonds is 9. The molecule has 3 aromatic rings. The van der Waals surface area contributed by atoms with Gasteiger partial charge in [0.05, 0.1) is 14.2 Å². The number of hydrogen-bond acceptors (Lipinski definition) is 4. The average molecular weight is 456 g/mol. The Balaban J connectivity index is 2.47. The van der Waals surface area contributed by atoms with Crippen molar-refractivity contribution < 1.29 is 9.47 Å². The normalized spacial score (nSPS) is 11.9. The van der Waals surface area contributed by atoms with Crippen LogP contribution in [0.25, 0.3) is 0 Å². The summed E-state index contributed by atoms with van der Waals surface area (Å²) in [6, 6.07) is 26.7. The van der Waals surface area contributed by atoms with Crippen LogP contribution in [-0.4, -0.2) is 39.1 Å². The number of nitrogens with zero attached hydrogens (tertiary/aromatic N) is 2. The molecule has 0 amide bonds. The van der Waals surface area contributed by atoms with E-state index < -0.39 is 5.54 Å². The maximum absolute atomic E-state index is 5.46. The number of amidine groups is 1. The van der Waals surface area contributed by atoms with Crippen LogP contribution in [0.3, 0.4) is 0 Å². The fourth-order valence-corrected chi connectivity index (χ4v) is 4.25. The number of ether oxygens (including phenoxy) is 2. The van der Waals surface area contributed by atoms with Gasteiger partial charge in [0.25, 0.3) is 0 Å². The highest BCUT2D eigenvalue weighted by Crippen LogP contribution is 2.45. The smallest absolute Gasteiger partial charge is 0.122 e. The molecule has 0 aromatic heterocycles. The molecule has 0 saturated heterocycles. The summed E-state index contributed by atoms with van der Waals surface area (Å²) in [5.74, 6) is 2.41. The van der Waals surface area contributed by atoms with Crippen molar-refractivity contribution >= 4 is 5.84 Å². The van der Waals surface area contributed by atoms with Crippen molar-refractivity contribution in [3.8, 4) is 11.5 Å².